The average Bonchev–Trinajstić information content (AvgIpc) is 3.66. The number of imidazole rings is 1. The fourth-order valence-corrected chi connectivity index (χ4v) is 6.39. The van der Waals surface area contributed by atoms with Gasteiger partial charge >= 0.3 is 0 Å². The van der Waals surface area contributed by atoms with Crippen molar-refractivity contribution in [1.29, 1.82) is 0 Å². The molecule has 3 N–H and O–H groups in total. The first-order valence-corrected chi connectivity index (χ1v) is 15.3. The zero-order chi connectivity index (χ0) is 31.7. The van der Waals surface area contributed by atoms with Crippen LogP contribution in [0, 0.1) is 11.6 Å². The van der Waals surface area contributed by atoms with Crippen LogP contribution in [0.5, 0.6) is 0 Å². The number of para-hydroxylation sites is 1. The van der Waals surface area contributed by atoms with Gasteiger partial charge in [0.2, 0.25) is 17.7 Å². The molecule has 4 aromatic rings. The molecule has 0 bridgehead atoms. The van der Waals surface area contributed by atoms with E-state index in [-0.39, 0.29) is 54.4 Å². The Morgan fingerprint density at radius 2 is 1.80 bits per heavy atom. The van der Waals surface area contributed by atoms with Gasteiger partial charge in [-0.15, -0.1) is 0 Å². The van der Waals surface area contributed by atoms with Gasteiger partial charge in [-0.3, -0.25) is 14.4 Å². The van der Waals surface area contributed by atoms with E-state index in [1.165, 1.54) is 24.3 Å². The Balaban J connectivity index is 1.30. The Morgan fingerprint density at radius 1 is 1.02 bits per heavy atom. The summed E-state index contributed by atoms with van der Waals surface area (Å²) < 4.78 is 27.5. The van der Waals surface area contributed by atoms with E-state index in [1.54, 1.807) is 37.1 Å². The van der Waals surface area contributed by atoms with Gasteiger partial charge in [0, 0.05) is 24.7 Å². The summed E-state index contributed by atoms with van der Waals surface area (Å²) in [6, 6.07) is 15.8. The van der Waals surface area contributed by atoms with Crippen LogP contribution < -0.4 is 10.6 Å². The van der Waals surface area contributed by atoms with E-state index in [2.05, 4.69) is 15.6 Å². The average molecular weight is 615 g/mol. The summed E-state index contributed by atoms with van der Waals surface area (Å²) in [5, 5.41) is 5.79. The minimum Gasteiger partial charge on any atom is -0.341 e. The van der Waals surface area contributed by atoms with Crippen LogP contribution in [0.1, 0.15) is 43.6 Å². The fourth-order valence-electron chi connectivity index (χ4n) is 6.39. The van der Waals surface area contributed by atoms with E-state index in [1.807, 2.05) is 29.2 Å². The molecule has 0 spiro atoms. The molecule has 3 heterocycles. The number of aromatic nitrogens is 2. The number of hydrogen-bond donors (Lipinski definition) is 3. The highest BCUT2D eigenvalue weighted by atomic mass is 19.1. The van der Waals surface area contributed by atoms with Gasteiger partial charge < -0.3 is 25.4 Å². The van der Waals surface area contributed by atoms with Crippen LogP contribution in [0.3, 0.4) is 0 Å². The monoisotopic (exact) mass is 614 g/mol. The predicted octanol–water partition coefficient (Wildman–Crippen LogP) is 4.11. The minimum atomic E-state index is -0.971. The quantitative estimate of drug-likeness (QED) is 0.290. The minimum absolute atomic E-state index is 0.0147. The molecule has 2 fully saturated rings. The largest absolute Gasteiger partial charge is 0.341 e. The number of carbonyl (C=O) groups is 3. The first-order valence-electron chi connectivity index (χ1n) is 15.3. The Bertz CT molecular complexity index is 1720. The van der Waals surface area contributed by atoms with E-state index in [0.717, 1.165) is 11.1 Å². The molecule has 6 rings (SSSR count). The van der Waals surface area contributed by atoms with E-state index < -0.39 is 12.1 Å². The second-order valence-corrected chi connectivity index (χ2v) is 11.8. The van der Waals surface area contributed by atoms with Crippen molar-refractivity contribution in [3.8, 4) is 11.1 Å². The number of nitrogens with one attached hydrogen (secondary N) is 3. The Kier molecular flexibility index (Phi) is 8.62. The molecule has 0 aliphatic carbocycles. The van der Waals surface area contributed by atoms with Crippen LogP contribution in [0.2, 0.25) is 0 Å². The summed E-state index contributed by atoms with van der Waals surface area (Å²) in [4.78, 5) is 52.6. The van der Waals surface area contributed by atoms with Gasteiger partial charge in [0.15, 0.2) is 0 Å². The van der Waals surface area contributed by atoms with Crippen molar-refractivity contribution in [3.63, 3.8) is 0 Å². The molecule has 2 aliphatic heterocycles. The van der Waals surface area contributed by atoms with E-state index in [4.69, 9.17) is 4.98 Å². The second kappa shape index (κ2) is 12.8. The lowest BCUT2D eigenvalue weighted by atomic mass is 10.0. The zero-order valence-corrected chi connectivity index (χ0v) is 25.2. The van der Waals surface area contributed by atoms with Crippen LogP contribution in [-0.4, -0.2) is 75.8 Å². The number of benzene rings is 3. The molecule has 3 amide bonds. The van der Waals surface area contributed by atoms with E-state index >= 15 is 0 Å². The molecule has 3 aromatic carbocycles. The van der Waals surface area contributed by atoms with Gasteiger partial charge in [-0.2, -0.15) is 0 Å². The summed E-state index contributed by atoms with van der Waals surface area (Å²) in [7, 11) is 1.66. The topological polar surface area (TPSA) is 110 Å². The normalized spacial score (nSPS) is 20.9. The molecular formula is C34H36F2N6O3. The predicted molar refractivity (Wildman–Crippen MR) is 166 cm³/mol. The first kappa shape index (κ1) is 30.4. The van der Waals surface area contributed by atoms with Crippen LogP contribution in [-0.2, 0) is 20.8 Å². The highest BCUT2D eigenvalue weighted by molar-refractivity contribution is 5.93. The third-order valence-corrected chi connectivity index (χ3v) is 8.94. The summed E-state index contributed by atoms with van der Waals surface area (Å²) in [5.74, 6) is -0.906. The van der Waals surface area contributed by atoms with E-state index in [9.17, 15) is 23.2 Å². The number of nitrogens with zero attached hydrogens (tertiary/aromatic N) is 3. The third-order valence-electron chi connectivity index (χ3n) is 8.94. The molecule has 234 valence electrons. The number of hydrogen-bond acceptors (Lipinski definition) is 5. The van der Waals surface area contributed by atoms with Crippen molar-refractivity contribution < 1.29 is 23.2 Å². The maximum absolute atomic E-state index is 14.3. The molecule has 0 radical (unpaired) electrons. The maximum atomic E-state index is 14.3. The number of likely N-dealkylation sites (N-methyl/N-ethyl adjacent to an activating group) is 1. The van der Waals surface area contributed by atoms with Crippen molar-refractivity contribution >= 4 is 28.8 Å². The molecule has 45 heavy (non-hydrogen) atoms. The molecule has 2 saturated heterocycles. The third kappa shape index (κ3) is 6.30. The van der Waals surface area contributed by atoms with Crippen LogP contribution in [0.25, 0.3) is 22.2 Å². The van der Waals surface area contributed by atoms with Crippen LogP contribution in [0.4, 0.5) is 8.78 Å². The number of halogens is 2. The Hall–Kier alpha value is -4.64. The number of amides is 3. The summed E-state index contributed by atoms with van der Waals surface area (Å²) in [5.41, 5.74) is 3.62. The lowest BCUT2D eigenvalue weighted by molar-refractivity contribution is -0.143. The van der Waals surface area contributed by atoms with Crippen LogP contribution in [0.15, 0.2) is 66.7 Å². The number of aromatic amines is 1. The van der Waals surface area contributed by atoms with Gasteiger partial charge in [-0.05, 0) is 74.7 Å². The van der Waals surface area contributed by atoms with E-state index in [0.29, 0.717) is 48.3 Å². The molecular weight excluding hydrogens is 578 g/mol. The molecule has 2 aliphatic rings. The van der Waals surface area contributed by atoms with Crippen molar-refractivity contribution in [1.82, 2.24) is 30.4 Å². The van der Waals surface area contributed by atoms with Gasteiger partial charge in [-0.25, -0.2) is 13.8 Å². The Morgan fingerprint density at radius 3 is 2.56 bits per heavy atom. The van der Waals surface area contributed by atoms with Gasteiger partial charge in [-0.1, -0.05) is 36.4 Å². The van der Waals surface area contributed by atoms with Crippen molar-refractivity contribution in [2.45, 2.75) is 56.8 Å². The van der Waals surface area contributed by atoms with Crippen molar-refractivity contribution in [3.05, 3.63) is 89.8 Å². The molecule has 4 atom stereocenters. The highest BCUT2D eigenvalue weighted by Gasteiger charge is 2.44. The molecule has 11 heteroatoms. The second-order valence-electron chi connectivity index (χ2n) is 11.8. The van der Waals surface area contributed by atoms with Crippen molar-refractivity contribution in [2.24, 2.45) is 0 Å². The molecule has 9 nitrogen and oxygen atoms in total. The van der Waals surface area contributed by atoms with Crippen molar-refractivity contribution in [2.75, 3.05) is 20.1 Å². The van der Waals surface area contributed by atoms with Gasteiger partial charge in [0.25, 0.3) is 0 Å². The lowest BCUT2D eigenvalue weighted by Crippen LogP contribution is -2.60. The molecule has 0 saturated carbocycles. The standard InChI is InChI=1S/C34H36F2N6O3/c1-20(37-2)33(44)39-28-19-41(30(43)17-21-9-11-23(35)12-10-21)16-15-25-13-14-29(42(25)34(28)45)32-38-27-8-4-7-26(31(27)40-32)22-5-3-6-24(36)18-22/h3-12,18,20,25,28-29,37H,13-17,19H2,1-2H3,(H,38,40)(H,39,44)/t20-,25+,28-,29-/m0/s1. The van der Waals surface area contributed by atoms with Crippen LogP contribution >= 0.6 is 0 Å². The summed E-state index contributed by atoms with van der Waals surface area (Å²) in [6.07, 6.45) is 1.99. The van der Waals surface area contributed by atoms with Gasteiger partial charge in [0.05, 0.1) is 29.5 Å². The SMILES string of the molecule is CN[C@@H](C)C(=O)N[C@H]1CN(C(=O)Cc2ccc(F)cc2)CC[C@H]2CC[C@@H](c3nc4c(-c5cccc(F)c5)cccc4[nH]3)N2C1=O. The first-order chi connectivity index (χ1) is 21.7. The van der Waals surface area contributed by atoms with Gasteiger partial charge in [0.1, 0.15) is 23.5 Å². The highest BCUT2D eigenvalue weighted by Crippen LogP contribution is 2.39. The zero-order valence-electron chi connectivity index (χ0n) is 25.2. The summed E-state index contributed by atoms with van der Waals surface area (Å²) in [6.45, 7) is 2.12. The maximum Gasteiger partial charge on any atom is 0.247 e. The lowest BCUT2D eigenvalue weighted by Gasteiger charge is -2.39. The smallest absolute Gasteiger partial charge is 0.247 e. The number of H-pyrrole nitrogens is 1. The fraction of sp³-hybridized carbons (Fsp3) is 0.353. The molecule has 0 unspecified atom stereocenters. The summed E-state index contributed by atoms with van der Waals surface area (Å²) >= 11 is 0. The number of carbonyl (C=O) groups excluding carboxylic acids is 3. The Labute approximate surface area is 260 Å². The number of rotatable bonds is 7. The number of fused-ring (bicyclic) bond motifs is 2. The molecule has 1 aromatic heterocycles.